The first kappa shape index (κ1) is 10.2. The summed E-state index contributed by atoms with van der Waals surface area (Å²) >= 11 is 0. The fourth-order valence-corrected chi connectivity index (χ4v) is 1.34. The number of aryl methyl sites for hydroxylation is 2. The average molecular weight is 183 g/mol. The highest BCUT2D eigenvalue weighted by atomic mass is 16.3. The van der Waals surface area contributed by atoms with Gasteiger partial charge in [0, 0.05) is 18.3 Å². The van der Waals surface area contributed by atoms with Gasteiger partial charge in [0.15, 0.2) is 0 Å². The van der Waals surface area contributed by atoms with E-state index in [2.05, 4.69) is 12.0 Å². The summed E-state index contributed by atoms with van der Waals surface area (Å²) in [7, 11) is 0. The van der Waals surface area contributed by atoms with E-state index < -0.39 is 0 Å². The normalized spacial score (nSPS) is 13.2. The third-order valence-corrected chi connectivity index (χ3v) is 2.03. The van der Waals surface area contributed by atoms with Crippen molar-refractivity contribution in [1.29, 1.82) is 0 Å². The Labute approximate surface area is 78.4 Å². The molecule has 1 heterocycles. The van der Waals surface area contributed by atoms with Gasteiger partial charge in [-0.15, -0.1) is 0 Å². The van der Waals surface area contributed by atoms with E-state index in [9.17, 15) is 0 Å². The van der Waals surface area contributed by atoms with Crippen LogP contribution in [0, 0.1) is 6.92 Å². The predicted octanol–water partition coefficient (Wildman–Crippen LogP) is 0.594. The number of nitrogens with two attached hydrogens (primary N) is 1. The van der Waals surface area contributed by atoms with Crippen molar-refractivity contribution in [3.63, 3.8) is 0 Å². The second-order valence-electron chi connectivity index (χ2n) is 3.22. The van der Waals surface area contributed by atoms with E-state index in [0.29, 0.717) is 0 Å². The largest absolute Gasteiger partial charge is 0.394 e. The summed E-state index contributed by atoms with van der Waals surface area (Å²) in [6.07, 6.45) is 2.97. The van der Waals surface area contributed by atoms with Crippen molar-refractivity contribution in [3.05, 3.63) is 17.5 Å². The minimum atomic E-state index is -0.300. The number of rotatable bonds is 4. The maximum Gasteiger partial charge on any atom is 0.0642 e. The molecule has 1 atom stereocenters. The van der Waals surface area contributed by atoms with Crippen molar-refractivity contribution in [2.24, 2.45) is 5.73 Å². The summed E-state index contributed by atoms with van der Waals surface area (Å²) < 4.78 is 1.88. The first-order valence-electron chi connectivity index (χ1n) is 4.59. The van der Waals surface area contributed by atoms with Gasteiger partial charge in [0.25, 0.3) is 0 Å². The summed E-state index contributed by atoms with van der Waals surface area (Å²) in [6.45, 7) is 4.89. The molecule has 0 amide bonds. The maximum absolute atomic E-state index is 8.89. The van der Waals surface area contributed by atoms with E-state index in [1.54, 1.807) is 0 Å². The monoisotopic (exact) mass is 183 g/mol. The Kier molecular flexibility index (Phi) is 3.45. The van der Waals surface area contributed by atoms with E-state index in [0.717, 1.165) is 24.2 Å². The van der Waals surface area contributed by atoms with Crippen LogP contribution in [-0.4, -0.2) is 21.5 Å². The summed E-state index contributed by atoms with van der Waals surface area (Å²) in [5, 5.41) is 13.2. The highest BCUT2D eigenvalue weighted by Gasteiger charge is 2.11. The van der Waals surface area contributed by atoms with Crippen LogP contribution in [0.15, 0.2) is 6.20 Å². The number of hydrogen-bond donors (Lipinski definition) is 2. The highest BCUT2D eigenvalue weighted by molar-refractivity contribution is 5.19. The smallest absolute Gasteiger partial charge is 0.0642 e. The molecule has 0 aliphatic carbocycles. The molecule has 1 rings (SSSR count). The quantitative estimate of drug-likeness (QED) is 0.718. The van der Waals surface area contributed by atoms with Crippen LogP contribution in [0.1, 0.15) is 30.6 Å². The number of aliphatic hydroxyl groups is 1. The van der Waals surface area contributed by atoms with E-state index in [1.165, 1.54) is 0 Å². The molecule has 1 unspecified atom stereocenters. The van der Waals surface area contributed by atoms with E-state index in [4.69, 9.17) is 10.8 Å². The lowest BCUT2D eigenvalue weighted by molar-refractivity contribution is 0.267. The Morgan fingerprint density at radius 1 is 1.69 bits per heavy atom. The molecule has 4 heteroatoms. The summed E-state index contributed by atoms with van der Waals surface area (Å²) in [5.41, 5.74) is 7.55. The molecule has 1 aromatic heterocycles. The molecular formula is C9H17N3O. The molecule has 0 saturated heterocycles. The van der Waals surface area contributed by atoms with Gasteiger partial charge in [0.05, 0.1) is 18.3 Å². The van der Waals surface area contributed by atoms with Crippen molar-refractivity contribution >= 4 is 0 Å². The number of aliphatic hydroxyl groups excluding tert-OH is 1. The van der Waals surface area contributed by atoms with Crippen molar-refractivity contribution in [2.45, 2.75) is 32.9 Å². The zero-order valence-corrected chi connectivity index (χ0v) is 8.20. The number of nitrogens with zero attached hydrogens (tertiary/aromatic N) is 2. The molecule has 0 aromatic carbocycles. The number of aromatic nitrogens is 2. The Hall–Kier alpha value is -0.870. The average Bonchev–Trinajstić information content (AvgIpc) is 2.46. The molecule has 0 saturated carbocycles. The molecule has 1 aromatic rings. The Balaban J connectivity index is 2.82. The molecule has 0 fully saturated rings. The van der Waals surface area contributed by atoms with Gasteiger partial charge < -0.3 is 10.8 Å². The van der Waals surface area contributed by atoms with Crippen molar-refractivity contribution < 1.29 is 5.11 Å². The van der Waals surface area contributed by atoms with Crippen LogP contribution < -0.4 is 5.73 Å². The topological polar surface area (TPSA) is 64.1 Å². The highest BCUT2D eigenvalue weighted by Crippen LogP contribution is 2.13. The zero-order chi connectivity index (χ0) is 9.84. The summed E-state index contributed by atoms with van der Waals surface area (Å²) in [4.78, 5) is 0. The molecule has 4 nitrogen and oxygen atoms in total. The maximum atomic E-state index is 8.89. The van der Waals surface area contributed by atoms with Crippen LogP contribution in [0.25, 0.3) is 0 Å². The van der Waals surface area contributed by atoms with Gasteiger partial charge in [0.1, 0.15) is 0 Å². The minimum absolute atomic E-state index is 0.0291. The van der Waals surface area contributed by atoms with Gasteiger partial charge in [-0.2, -0.15) is 5.10 Å². The first-order valence-corrected chi connectivity index (χ1v) is 4.59. The molecule has 3 N–H and O–H groups in total. The molecular weight excluding hydrogens is 166 g/mol. The lowest BCUT2D eigenvalue weighted by Crippen LogP contribution is -2.14. The standard InChI is InChI=1S/C9H17N3O/c1-3-4-12-5-8(7(2)11-12)9(10)6-13/h5,9,13H,3-4,6,10H2,1-2H3. The van der Waals surface area contributed by atoms with Gasteiger partial charge in [-0.05, 0) is 13.3 Å². The fraction of sp³-hybridized carbons (Fsp3) is 0.667. The van der Waals surface area contributed by atoms with Gasteiger partial charge in [0.2, 0.25) is 0 Å². The van der Waals surface area contributed by atoms with Crippen LogP contribution in [0.5, 0.6) is 0 Å². The molecule has 0 aliphatic rings. The first-order chi connectivity index (χ1) is 6.19. The predicted molar refractivity (Wildman–Crippen MR) is 51.3 cm³/mol. The van der Waals surface area contributed by atoms with E-state index in [-0.39, 0.29) is 12.6 Å². The Bertz CT molecular complexity index is 270. The second-order valence-corrected chi connectivity index (χ2v) is 3.22. The summed E-state index contributed by atoms with van der Waals surface area (Å²) in [6, 6.07) is -0.300. The van der Waals surface area contributed by atoms with Gasteiger partial charge >= 0.3 is 0 Å². The third kappa shape index (κ3) is 2.29. The molecule has 13 heavy (non-hydrogen) atoms. The molecule has 0 radical (unpaired) electrons. The van der Waals surface area contributed by atoms with Crippen LogP contribution in [-0.2, 0) is 6.54 Å². The molecule has 74 valence electrons. The van der Waals surface area contributed by atoms with Gasteiger partial charge in [-0.25, -0.2) is 0 Å². The zero-order valence-electron chi connectivity index (χ0n) is 8.20. The van der Waals surface area contributed by atoms with Crippen LogP contribution in [0.3, 0.4) is 0 Å². The third-order valence-electron chi connectivity index (χ3n) is 2.03. The Morgan fingerprint density at radius 2 is 2.38 bits per heavy atom. The number of hydrogen-bond acceptors (Lipinski definition) is 3. The van der Waals surface area contributed by atoms with E-state index in [1.807, 2.05) is 17.8 Å². The van der Waals surface area contributed by atoms with Crippen LogP contribution in [0.2, 0.25) is 0 Å². The van der Waals surface area contributed by atoms with E-state index >= 15 is 0 Å². The van der Waals surface area contributed by atoms with Crippen molar-refractivity contribution in [3.8, 4) is 0 Å². The molecule has 0 aliphatic heterocycles. The molecule has 0 spiro atoms. The summed E-state index contributed by atoms with van der Waals surface area (Å²) in [5.74, 6) is 0. The minimum Gasteiger partial charge on any atom is -0.394 e. The van der Waals surface area contributed by atoms with Crippen molar-refractivity contribution in [1.82, 2.24) is 9.78 Å². The molecule has 0 bridgehead atoms. The second kappa shape index (κ2) is 4.39. The lowest BCUT2D eigenvalue weighted by atomic mass is 10.1. The van der Waals surface area contributed by atoms with Gasteiger partial charge in [-0.1, -0.05) is 6.92 Å². The fourth-order valence-electron chi connectivity index (χ4n) is 1.34. The SMILES string of the molecule is CCCn1cc(C(N)CO)c(C)n1. The van der Waals surface area contributed by atoms with Crippen LogP contribution in [0.4, 0.5) is 0 Å². The van der Waals surface area contributed by atoms with Crippen molar-refractivity contribution in [2.75, 3.05) is 6.61 Å². The van der Waals surface area contributed by atoms with Gasteiger partial charge in [-0.3, -0.25) is 4.68 Å². The Morgan fingerprint density at radius 3 is 2.92 bits per heavy atom. The van der Waals surface area contributed by atoms with Crippen LogP contribution >= 0.6 is 0 Å². The lowest BCUT2D eigenvalue weighted by Gasteiger charge is -2.04.